The van der Waals surface area contributed by atoms with E-state index in [0.717, 1.165) is 23.7 Å². The summed E-state index contributed by atoms with van der Waals surface area (Å²) < 4.78 is 36.7. The normalized spacial score (nSPS) is 22.9. The van der Waals surface area contributed by atoms with Crippen LogP contribution in [0, 0.1) is 18.6 Å². The van der Waals surface area contributed by atoms with Crippen LogP contribution in [0.4, 0.5) is 8.78 Å². The monoisotopic (exact) mass is 461 g/mol. The Hall–Kier alpha value is -3.26. The quantitative estimate of drug-likeness (QED) is 0.382. The Morgan fingerprint density at radius 3 is 2.68 bits per heavy atom. The highest BCUT2D eigenvalue weighted by Gasteiger charge is 2.33. The van der Waals surface area contributed by atoms with Gasteiger partial charge in [-0.2, -0.15) is 5.10 Å². The summed E-state index contributed by atoms with van der Waals surface area (Å²) in [5.41, 5.74) is 3.06. The van der Waals surface area contributed by atoms with Gasteiger partial charge in [0.1, 0.15) is 17.5 Å². The third-order valence-electron chi connectivity index (χ3n) is 6.69. The molecule has 0 radical (unpaired) electrons. The number of pyridine rings is 1. The zero-order valence-corrected chi connectivity index (χ0v) is 19.1. The fourth-order valence-electron chi connectivity index (χ4n) is 4.82. The van der Waals surface area contributed by atoms with Crippen LogP contribution in [-0.4, -0.2) is 30.8 Å². The average molecular weight is 462 g/mol. The van der Waals surface area contributed by atoms with Gasteiger partial charge < -0.3 is 4.74 Å². The van der Waals surface area contributed by atoms with Crippen molar-refractivity contribution in [3.8, 4) is 11.3 Å². The second-order valence-corrected chi connectivity index (χ2v) is 9.47. The van der Waals surface area contributed by atoms with E-state index >= 15 is 0 Å². The number of fused-ring (bicyclic) bond motifs is 1. The maximum absolute atomic E-state index is 14.8. The first-order chi connectivity index (χ1) is 16.4. The molecule has 1 aliphatic carbocycles. The van der Waals surface area contributed by atoms with Crippen LogP contribution in [0.2, 0.25) is 0 Å². The average Bonchev–Trinajstić information content (AvgIpc) is 3.54. The summed E-state index contributed by atoms with van der Waals surface area (Å²) >= 11 is 0. The lowest BCUT2D eigenvalue weighted by Gasteiger charge is -2.33. The van der Waals surface area contributed by atoms with Crippen molar-refractivity contribution in [2.45, 2.75) is 63.7 Å². The van der Waals surface area contributed by atoms with Gasteiger partial charge in [0.05, 0.1) is 30.1 Å². The number of halogens is 2. The Morgan fingerprint density at radius 2 is 1.88 bits per heavy atom. The van der Waals surface area contributed by atoms with Crippen LogP contribution in [0.3, 0.4) is 0 Å². The van der Waals surface area contributed by atoms with Gasteiger partial charge in [0.2, 0.25) is 0 Å². The first-order valence-electron chi connectivity index (χ1n) is 11.7. The highest BCUT2D eigenvalue weighted by molar-refractivity contribution is 5.90. The van der Waals surface area contributed by atoms with Gasteiger partial charge in [-0.25, -0.2) is 23.7 Å². The van der Waals surface area contributed by atoms with E-state index in [1.165, 1.54) is 25.0 Å². The maximum atomic E-state index is 14.8. The van der Waals surface area contributed by atoms with E-state index in [2.05, 4.69) is 23.2 Å². The largest absolute Gasteiger partial charge is 0.370 e. The Labute approximate surface area is 196 Å². The molecule has 0 spiro atoms. The predicted molar refractivity (Wildman–Crippen MR) is 123 cm³/mol. The lowest BCUT2D eigenvalue weighted by atomic mass is 9.89. The standard InChI is InChI=1S/C26H25F2N5O/c1-14-3-7-21-24(20-8-4-18(27)11-22(20)28)31-25(32-26(21)30-14)16-9-15(2)34-23(10-16)17-12-29-33(13-17)19-5-6-19/h3-4,7-8,11-13,15-16,19,23H,5-6,9-10H2,1-2H3/t15-,16+,23-/m0/s1. The smallest absolute Gasteiger partial charge is 0.163 e. The molecule has 1 aliphatic heterocycles. The van der Waals surface area contributed by atoms with Gasteiger partial charge >= 0.3 is 0 Å². The molecular formula is C26H25F2N5O. The van der Waals surface area contributed by atoms with E-state index in [4.69, 9.17) is 14.7 Å². The highest BCUT2D eigenvalue weighted by Crippen LogP contribution is 2.41. The minimum Gasteiger partial charge on any atom is -0.370 e. The summed E-state index contributed by atoms with van der Waals surface area (Å²) in [5, 5.41) is 5.16. The van der Waals surface area contributed by atoms with Crippen LogP contribution in [-0.2, 0) is 4.74 Å². The molecule has 1 aromatic carbocycles. The zero-order valence-electron chi connectivity index (χ0n) is 19.1. The predicted octanol–water partition coefficient (Wildman–Crippen LogP) is 5.83. The molecule has 1 saturated carbocycles. The van der Waals surface area contributed by atoms with Crippen molar-refractivity contribution in [1.29, 1.82) is 0 Å². The van der Waals surface area contributed by atoms with E-state index < -0.39 is 11.6 Å². The zero-order chi connectivity index (χ0) is 23.4. The van der Waals surface area contributed by atoms with Crippen molar-refractivity contribution in [3.05, 3.63) is 71.4 Å². The van der Waals surface area contributed by atoms with Crippen molar-refractivity contribution in [3.63, 3.8) is 0 Å². The molecule has 174 valence electrons. The van der Waals surface area contributed by atoms with Gasteiger partial charge in [0.25, 0.3) is 0 Å². The molecule has 3 aromatic heterocycles. The van der Waals surface area contributed by atoms with Gasteiger partial charge in [-0.3, -0.25) is 4.68 Å². The summed E-state index contributed by atoms with van der Waals surface area (Å²) in [6.45, 7) is 3.94. The number of rotatable bonds is 4. The van der Waals surface area contributed by atoms with Crippen LogP contribution in [0.15, 0.2) is 42.7 Å². The number of aryl methyl sites for hydroxylation is 1. The van der Waals surface area contributed by atoms with Crippen molar-refractivity contribution in [2.75, 3.05) is 0 Å². The lowest BCUT2D eigenvalue weighted by molar-refractivity contribution is -0.0511. The van der Waals surface area contributed by atoms with Crippen molar-refractivity contribution in [2.24, 2.45) is 0 Å². The molecule has 0 unspecified atom stereocenters. The Morgan fingerprint density at radius 1 is 1.03 bits per heavy atom. The van der Waals surface area contributed by atoms with Gasteiger partial charge in [0, 0.05) is 40.4 Å². The van der Waals surface area contributed by atoms with Crippen molar-refractivity contribution in [1.82, 2.24) is 24.7 Å². The summed E-state index contributed by atoms with van der Waals surface area (Å²) in [4.78, 5) is 14.2. The van der Waals surface area contributed by atoms with Gasteiger partial charge in [-0.15, -0.1) is 0 Å². The fourth-order valence-corrected chi connectivity index (χ4v) is 4.82. The summed E-state index contributed by atoms with van der Waals surface area (Å²) in [7, 11) is 0. The van der Waals surface area contributed by atoms with Crippen LogP contribution < -0.4 is 0 Å². The summed E-state index contributed by atoms with van der Waals surface area (Å²) in [6, 6.07) is 7.77. The van der Waals surface area contributed by atoms with Gasteiger partial charge in [0.15, 0.2) is 5.65 Å². The highest BCUT2D eigenvalue weighted by atomic mass is 19.1. The summed E-state index contributed by atoms with van der Waals surface area (Å²) in [6.07, 6.45) is 7.66. The van der Waals surface area contributed by atoms with Crippen LogP contribution >= 0.6 is 0 Å². The number of hydrogen-bond acceptors (Lipinski definition) is 5. The first kappa shape index (κ1) is 21.3. The van der Waals surface area contributed by atoms with E-state index in [0.29, 0.717) is 35.0 Å². The van der Waals surface area contributed by atoms with Gasteiger partial charge in [-0.1, -0.05) is 0 Å². The molecule has 34 heavy (non-hydrogen) atoms. The molecule has 2 aliphatic rings. The molecule has 6 nitrogen and oxygen atoms in total. The van der Waals surface area contributed by atoms with Crippen molar-refractivity contribution < 1.29 is 13.5 Å². The molecule has 6 rings (SSSR count). The number of benzene rings is 1. The summed E-state index contributed by atoms with van der Waals surface area (Å²) in [5.74, 6) is -0.662. The Bertz CT molecular complexity index is 1380. The SMILES string of the molecule is Cc1ccc2c(-c3ccc(F)cc3F)nc([C@H]3C[C@@H](c4cnn(C5CC5)c4)O[C@@H](C)C3)nc2n1. The van der Waals surface area contributed by atoms with Crippen LogP contribution in [0.1, 0.15) is 67.8 Å². The molecule has 4 heterocycles. The molecule has 4 aromatic rings. The van der Waals surface area contributed by atoms with Crippen molar-refractivity contribution >= 4 is 11.0 Å². The second kappa shape index (κ2) is 8.20. The lowest BCUT2D eigenvalue weighted by Crippen LogP contribution is -2.26. The van der Waals surface area contributed by atoms with Crippen LogP contribution in [0.5, 0.6) is 0 Å². The van der Waals surface area contributed by atoms with Gasteiger partial charge in [-0.05, 0) is 63.8 Å². The molecule has 0 N–H and O–H groups in total. The van der Waals surface area contributed by atoms with E-state index in [1.807, 2.05) is 29.9 Å². The molecule has 2 fully saturated rings. The Kier molecular flexibility index (Phi) is 5.13. The topological polar surface area (TPSA) is 65.7 Å². The number of ether oxygens (including phenoxy) is 1. The Balaban J connectivity index is 1.41. The second-order valence-electron chi connectivity index (χ2n) is 9.47. The molecule has 0 amide bonds. The molecule has 3 atom stereocenters. The maximum Gasteiger partial charge on any atom is 0.163 e. The van der Waals surface area contributed by atoms with E-state index in [9.17, 15) is 8.78 Å². The fraction of sp³-hybridized carbons (Fsp3) is 0.385. The molecule has 0 bridgehead atoms. The van der Waals surface area contributed by atoms with Crippen LogP contribution in [0.25, 0.3) is 22.3 Å². The molecule has 8 heteroatoms. The molecular weight excluding hydrogens is 436 g/mol. The number of hydrogen-bond donors (Lipinski definition) is 0. The number of nitrogens with zero attached hydrogens (tertiary/aromatic N) is 5. The van der Waals surface area contributed by atoms with E-state index in [1.54, 1.807) is 0 Å². The minimum absolute atomic E-state index is 0.00352. The third kappa shape index (κ3) is 3.96. The third-order valence-corrected chi connectivity index (χ3v) is 6.69. The number of aromatic nitrogens is 5. The molecule has 1 saturated heterocycles. The van der Waals surface area contributed by atoms with E-state index in [-0.39, 0.29) is 23.7 Å². The first-order valence-corrected chi connectivity index (χ1v) is 11.7. The minimum atomic E-state index is -0.655.